The molecular formula is C8H11N3O. The molecule has 4 nitrogen and oxygen atoms in total. The van der Waals surface area contributed by atoms with Crippen LogP contribution in [0.15, 0.2) is 11.1 Å². The molecule has 1 aliphatic rings. The summed E-state index contributed by atoms with van der Waals surface area (Å²) >= 11 is 0. The topological polar surface area (TPSA) is 71.8 Å². The standard InChI is InChI=1S/C8H11N3O/c9-5-2-1-3-6-7(5)8(12)11-4-10-6/h4-5H,1-3,9H2,(H,10,11,12). The summed E-state index contributed by atoms with van der Waals surface area (Å²) in [5, 5.41) is 0. The van der Waals surface area contributed by atoms with Crippen LogP contribution in [-0.4, -0.2) is 9.97 Å². The van der Waals surface area contributed by atoms with E-state index in [4.69, 9.17) is 5.73 Å². The Balaban J connectivity index is 2.61. The molecule has 1 aromatic heterocycles. The van der Waals surface area contributed by atoms with Crippen LogP contribution >= 0.6 is 0 Å². The number of nitrogens with zero attached hydrogens (tertiary/aromatic N) is 1. The highest BCUT2D eigenvalue weighted by atomic mass is 16.1. The van der Waals surface area contributed by atoms with E-state index < -0.39 is 0 Å². The smallest absolute Gasteiger partial charge is 0.255 e. The lowest BCUT2D eigenvalue weighted by Gasteiger charge is -2.18. The van der Waals surface area contributed by atoms with Gasteiger partial charge in [0.1, 0.15) is 0 Å². The van der Waals surface area contributed by atoms with Crippen molar-refractivity contribution < 1.29 is 0 Å². The van der Waals surface area contributed by atoms with Crippen molar-refractivity contribution >= 4 is 0 Å². The molecule has 0 fully saturated rings. The fourth-order valence-corrected chi connectivity index (χ4v) is 1.66. The van der Waals surface area contributed by atoms with E-state index in [2.05, 4.69) is 9.97 Å². The molecule has 0 saturated carbocycles. The van der Waals surface area contributed by atoms with E-state index >= 15 is 0 Å². The molecule has 64 valence electrons. The molecule has 1 unspecified atom stereocenters. The van der Waals surface area contributed by atoms with Crippen molar-refractivity contribution in [2.75, 3.05) is 0 Å². The number of hydrogen-bond acceptors (Lipinski definition) is 3. The molecule has 1 aliphatic carbocycles. The monoisotopic (exact) mass is 165 g/mol. The van der Waals surface area contributed by atoms with Crippen LogP contribution in [-0.2, 0) is 6.42 Å². The number of fused-ring (bicyclic) bond motifs is 1. The van der Waals surface area contributed by atoms with Crippen molar-refractivity contribution in [2.24, 2.45) is 5.73 Å². The van der Waals surface area contributed by atoms with Crippen LogP contribution in [0.3, 0.4) is 0 Å². The normalized spacial score (nSPS) is 21.9. The minimum atomic E-state index is -0.119. The van der Waals surface area contributed by atoms with E-state index in [0.717, 1.165) is 25.0 Å². The van der Waals surface area contributed by atoms with Gasteiger partial charge in [-0.15, -0.1) is 0 Å². The van der Waals surface area contributed by atoms with Crippen LogP contribution < -0.4 is 11.3 Å². The average Bonchev–Trinajstić information content (AvgIpc) is 2.04. The number of nitrogens with one attached hydrogen (secondary N) is 1. The Morgan fingerprint density at radius 2 is 2.50 bits per heavy atom. The van der Waals surface area contributed by atoms with Crippen molar-refractivity contribution in [1.82, 2.24) is 9.97 Å². The maximum Gasteiger partial charge on any atom is 0.255 e. The number of hydrogen-bond donors (Lipinski definition) is 2. The molecule has 3 N–H and O–H groups in total. The molecular weight excluding hydrogens is 154 g/mol. The first-order valence-electron chi connectivity index (χ1n) is 4.11. The highest BCUT2D eigenvalue weighted by molar-refractivity contribution is 5.22. The van der Waals surface area contributed by atoms with Gasteiger partial charge in [0.25, 0.3) is 5.56 Å². The Morgan fingerprint density at radius 1 is 1.67 bits per heavy atom. The third-order valence-electron chi connectivity index (χ3n) is 2.27. The minimum Gasteiger partial charge on any atom is -0.324 e. The van der Waals surface area contributed by atoms with E-state index in [1.807, 2.05) is 0 Å². The van der Waals surface area contributed by atoms with Gasteiger partial charge < -0.3 is 10.7 Å². The second-order valence-electron chi connectivity index (χ2n) is 3.09. The molecule has 0 spiro atoms. The van der Waals surface area contributed by atoms with E-state index in [0.29, 0.717) is 5.56 Å². The van der Waals surface area contributed by atoms with Crippen molar-refractivity contribution in [3.8, 4) is 0 Å². The summed E-state index contributed by atoms with van der Waals surface area (Å²) in [7, 11) is 0. The molecule has 0 radical (unpaired) electrons. The second-order valence-corrected chi connectivity index (χ2v) is 3.09. The van der Waals surface area contributed by atoms with Gasteiger partial charge in [-0.2, -0.15) is 0 Å². The van der Waals surface area contributed by atoms with Crippen molar-refractivity contribution in [3.63, 3.8) is 0 Å². The van der Waals surface area contributed by atoms with Gasteiger partial charge in [-0.3, -0.25) is 4.79 Å². The quantitative estimate of drug-likeness (QED) is 0.573. The van der Waals surface area contributed by atoms with Gasteiger partial charge in [-0.05, 0) is 19.3 Å². The molecule has 0 bridgehead atoms. The molecule has 2 rings (SSSR count). The molecule has 4 heteroatoms. The summed E-state index contributed by atoms with van der Waals surface area (Å²) in [4.78, 5) is 17.9. The maximum absolute atomic E-state index is 11.3. The average molecular weight is 165 g/mol. The summed E-state index contributed by atoms with van der Waals surface area (Å²) in [5.41, 5.74) is 7.27. The van der Waals surface area contributed by atoms with E-state index in [1.54, 1.807) is 0 Å². The van der Waals surface area contributed by atoms with Gasteiger partial charge in [0.15, 0.2) is 0 Å². The van der Waals surface area contributed by atoms with Gasteiger partial charge >= 0.3 is 0 Å². The van der Waals surface area contributed by atoms with Crippen LogP contribution in [0.25, 0.3) is 0 Å². The molecule has 1 aromatic rings. The zero-order valence-corrected chi connectivity index (χ0v) is 6.71. The SMILES string of the molecule is NC1CCCc2nc[nH]c(=O)c21. The first kappa shape index (κ1) is 7.49. The van der Waals surface area contributed by atoms with Crippen LogP contribution in [0.5, 0.6) is 0 Å². The van der Waals surface area contributed by atoms with Crippen molar-refractivity contribution in [2.45, 2.75) is 25.3 Å². The summed E-state index contributed by atoms with van der Waals surface area (Å²) in [6.45, 7) is 0. The van der Waals surface area contributed by atoms with Gasteiger partial charge in [0.2, 0.25) is 0 Å². The van der Waals surface area contributed by atoms with E-state index in [-0.39, 0.29) is 11.6 Å². The fraction of sp³-hybridized carbons (Fsp3) is 0.500. The Bertz CT molecular complexity index is 344. The molecule has 0 aliphatic heterocycles. The van der Waals surface area contributed by atoms with Crippen LogP contribution in [0, 0.1) is 0 Å². The summed E-state index contributed by atoms with van der Waals surface area (Å²) in [6.07, 6.45) is 4.25. The Morgan fingerprint density at radius 3 is 3.25 bits per heavy atom. The molecule has 0 saturated heterocycles. The number of aryl methyl sites for hydroxylation is 1. The molecule has 1 atom stereocenters. The Kier molecular flexibility index (Phi) is 1.69. The lowest BCUT2D eigenvalue weighted by molar-refractivity contribution is 0.551. The van der Waals surface area contributed by atoms with Gasteiger partial charge in [-0.1, -0.05) is 0 Å². The Hall–Kier alpha value is -1.16. The van der Waals surface area contributed by atoms with Crippen molar-refractivity contribution in [3.05, 3.63) is 27.9 Å². The van der Waals surface area contributed by atoms with E-state index in [9.17, 15) is 4.79 Å². The zero-order chi connectivity index (χ0) is 8.55. The van der Waals surface area contributed by atoms with Crippen LogP contribution in [0.4, 0.5) is 0 Å². The first-order valence-corrected chi connectivity index (χ1v) is 4.11. The predicted molar refractivity (Wildman–Crippen MR) is 44.7 cm³/mol. The number of aromatic nitrogens is 2. The lowest BCUT2D eigenvalue weighted by Crippen LogP contribution is -2.28. The molecule has 12 heavy (non-hydrogen) atoms. The number of rotatable bonds is 0. The number of H-pyrrole nitrogens is 1. The van der Waals surface area contributed by atoms with Gasteiger partial charge in [-0.25, -0.2) is 4.98 Å². The molecule has 0 amide bonds. The molecule has 0 aromatic carbocycles. The summed E-state index contributed by atoms with van der Waals surface area (Å²) < 4.78 is 0. The maximum atomic E-state index is 11.3. The molecule has 1 heterocycles. The zero-order valence-electron chi connectivity index (χ0n) is 6.71. The summed E-state index contributed by atoms with van der Waals surface area (Å²) in [5.74, 6) is 0. The second kappa shape index (κ2) is 2.71. The number of aromatic amines is 1. The number of nitrogens with two attached hydrogens (primary N) is 1. The third kappa shape index (κ3) is 1.04. The highest BCUT2D eigenvalue weighted by Gasteiger charge is 2.20. The largest absolute Gasteiger partial charge is 0.324 e. The third-order valence-corrected chi connectivity index (χ3v) is 2.27. The lowest BCUT2D eigenvalue weighted by atomic mass is 9.93. The van der Waals surface area contributed by atoms with E-state index in [1.165, 1.54) is 6.33 Å². The highest BCUT2D eigenvalue weighted by Crippen LogP contribution is 2.22. The van der Waals surface area contributed by atoms with Crippen LogP contribution in [0.1, 0.15) is 30.1 Å². The predicted octanol–water partition coefficient (Wildman–Crippen LogP) is 0.106. The van der Waals surface area contributed by atoms with Gasteiger partial charge in [0, 0.05) is 6.04 Å². The minimum absolute atomic E-state index is 0.0767. The van der Waals surface area contributed by atoms with Crippen molar-refractivity contribution in [1.29, 1.82) is 0 Å². The Labute approximate surface area is 69.8 Å². The first-order chi connectivity index (χ1) is 5.79. The fourth-order valence-electron chi connectivity index (χ4n) is 1.66. The van der Waals surface area contributed by atoms with Gasteiger partial charge in [0.05, 0.1) is 17.6 Å². The summed E-state index contributed by atoms with van der Waals surface area (Å²) in [6, 6.07) is -0.119. The van der Waals surface area contributed by atoms with Crippen LogP contribution in [0.2, 0.25) is 0 Å².